The van der Waals surface area contributed by atoms with Gasteiger partial charge in [-0.2, -0.15) is 5.10 Å². The van der Waals surface area contributed by atoms with Crippen LogP contribution in [0.5, 0.6) is 5.75 Å². The van der Waals surface area contributed by atoms with Crippen LogP contribution in [0.2, 0.25) is 0 Å². The Labute approximate surface area is 133 Å². The quantitative estimate of drug-likeness (QED) is 0.763. The molecule has 5 heteroatoms. The summed E-state index contributed by atoms with van der Waals surface area (Å²) in [4.78, 5) is 11.8. The van der Waals surface area contributed by atoms with Crippen molar-refractivity contribution in [3.8, 4) is 22.7 Å². The topological polar surface area (TPSA) is 81.1 Å². The number of aromatic nitrogens is 2. The van der Waals surface area contributed by atoms with Crippen molar-refractivity contribution < 1.29 is 9.90 Å². The number of aryl methyl sites for hydroxylation is 1. The highest BCUT2D eigenvalue weighted by molar-refractivity contribution is 5.95. The molecular weight excluding hydrogens is 290 g/mol. The number of aromatic hydroxyl groups is 1. The summed E-state index contributed by atoms with van der Waals surface area (Å²) in [6, 6.07) is 14.9. The molecule has 23 heavy (non-hydrogen) atoms. The van der Waals surface area contributed by atoms with E-state index in [-0.39, 0.29) is 5.75 Å². The van der Waals surface area contributed by atoms with Gasteiger partial charge in [0.1, 0.15) is 5.75 Å². The Morgan fingerprint density at radius 3 is 2.57 bits per heavy atom. The van der Waals surface area contributed by atoms with Crippen LogP contribution in [0.3, 0.4) is 0 Å². The number of carbonyl (C=O) groups excluding carboxylic acids is 1. The van der Waals surface area contributed by atoms with Crippen molar-refractivity contribution in [2.75, 3.05) is 0 Å². The molecule has 0 fully saturated rings. The van der Waals surface area contributed by atoms with E-state index in [0.717, 1.165) is 35.3 Å². The van der Waals surface area contributed by atoms with Crippen molar-refractivity contribution in [3.05, 3.63) is 65.4 Å². The first-order valence-electron chi connectivity index (χ1n) is 7.44. The first-order chi connectivity index (χ1) is 11.1. The molecule has 0 atom stereocenters. The fraction of sp³-hybridized carbons (Fsp3) is 0.111. The molecule has 0 radical (unpaired) electrons. The summed E-state index contributed by atoms with van der Waals surface area (Å²) in [7, 11) is 0. The molecule has 1 aliphatic carbocycles. The van der Waals surface area contributed by atoms with E-state index in [2.05, 4.69) is 11.2 Å². The molecule has 0 saturated carbocycles. The molecule has 0 saturated heterocycles. The third kappa shape index (κ3) is 2.09. The lowest BCUT2D eigenvalue weighted by Gasteiger charge is -2.18. The summed E-state index contributed by atoms with van der Waals surface area (Å²) < 4.78 is 1.74. The zero-order chi connectivity index (χ0) is 16.0. The van der Waals surface area contributed by atoms with Gasteiger partial charge in [0.15, 0.2) is 5.69 Å². The summed E-state index contributed by atoms with van der Waals surface area (Å²) in [5.41, 5.74) is 10.7. The van der Waals surface area contributed by atoms with E-state index in [1.165, 1.54) is 5.56 Å². The maximum Gasteiger partial charge on any atom is 0.269 e. The van der Waals surface area contributed by atoms with Gasteiger partial charge >= 0.3 is 0 Å². The number of nitrogens with zero attached hydrogens (tertiary/aromatic N) is 2. The molecule has 0 unspecified atom stereocenters. The predicted molar refractivity (Wildman–Crippen MR) is 86.6 cm³/mol. The summed E-state index contributed by atoms with van der Waals surface area (Å²) in [5.74, 6) is -0.330. The van der Waals surface area contributed by atoms with Crippen molar-refractivity contribution in [2.45, 2.75) is 12.8 Å². The standard InChI is InChI=1S/C18H15N3O2/c19-18(23)16-15-10-5-11-3-1-2-4-14(11)17(15)21(20-16)12-6-8-13(22)9-7-12/h1-4,6-9,22H,5,10H2,(H2,19,23). The van der Waals surface area contributed by atoms with Crippen LogP contribution < -0.4 is 5.73 Å². The molecule has 0 spiro atoms. The number of carbonyl (C=O) groups is 1. The van der Waals surface area contributed by atoms with Gasteiger partial charge in [0.25, 0.3) is 5.91 Å². The average Bonchev–Trinajstić information content (AvgIpc) is 2.96. The van der Waals surface area contributed by atoms with Gasteiger partial charge in [0.2, 0.25) is 0 Å². The van der Waals surface area contributed by atoms with E-state index in [9.17, 15) is 9.90 Å². The summed E-state index contributed by atoms with van der Waals surface area (Å²) in [5, 5.41) is 13.9. The van der Waals surface area contributed by atoms with Gasteiger partial charge in [-0.1, -0.05) is 24.3 Å². The maximum absolute atomic E-state index is 11.8. The van der Waals surface area contributed by atoms with Gasteiger partial charge in [-0.15, -0.1) is 0 Å². The van der Waals surface area contributed by atoms with Gasteiger partial charge in [0, 0.05) is 11.1 Å². The second-order valence-electron chi connectivity index (χ2n) is 5.63. The lowest BCUT2D eigenvalue weighted by Crippen LogP contribution is -2.15. The fourth-order valence-electron chi connectivity index (χ4n) is 3.17. The first kappa shape index (κ1) is 13.6. The number of phenolic OH excluding ortho intramolecular Hbond substituents is 1. The molecule has 1 aliphatic rings. The number of fused-ring (bicyclic) bond motifs is 3. The molecule has 1 heterocycles. The summed E-state index contributed by atoms with van der Waals surface area (Å²) in [6.45, 7) is 0. The smallest absolute Gasteiger partial charge is 0.269 e. The highest BCUT2D eigenvalue weighted by Gasteiger charge is 2.27. The number of benzene rings is 2. The Morgan fingerprint density at radius 1 is 1.09 bits per heavy atom. The first-order valence-corrected chi connectivity index (χ1v) is 7.44. The summed E-state index contributed by atoms with van der Waals surface area (Å²) in [6.07, 6.45) is 1.60. The van der Waals surface area contributed by atoms with Gasteiger partial charge in [-0.3, -0.25) is 4.79 Å². The Balaban J connectivity index is 2.01. The SMILES string of the molecule is NC(=O)c1nn(-c2ccc(O)cc2)c2c1CCc1ccccc1-2. The molecule has 0 bridgehead atoms. The monoisotopic (exact) mass is 305 g/mol. The molecule has 2 aromatic carbocycles. The Morgan fingerprint density at radius 2 is 1.83 bits per heavy atom. The minimum Gasteiger partial charge on any atom is -0.508 e. The van der Waals surface area contributed by atoms with E-state index in [4.69, 9.17) is 5.73 Å². The van der Waals surface area contributed by atoms with E-state index in [1.807, 2.05) is 18.2 Å². The normalized spacial score (nSPS) is 12.5. The molecule has 4 rings (SSSR count). The number of nitrogens with two attached hydrogens (primary N) is 1. The second-order valence-corrected chi connectivity index (χ2v) is 5.63. The van der Waals surface area contributed by atoms with E-state index in [0.29, 0.717) is 5.69 Å². The third-order valence-corrected chi connectivity index (χ3v) is 4.23. The molecule has 114 valence electrons. The largest absolute Gasteiger partial charge is 0.508 e. The van der Waals surface area contributed by atoms with Crippen LogP contribution in [0, 0.1) is 0 Å². The Kier molecular flexibility index (Phi) is 2.94. The van der Waals surface area contributed by atoms with Gasteiger partial charge in [-0.05, 0) is 42.7 Å². The highest BCUT2D eigenvalue weighted by atomic mass is 16.3. The van der Waals surface area contributed by atoms with Crippen LogP contribution in [0.1, 0.15) is 21.6 Å². The molecule has 5 nitrogen and oxygen atoms in total. The minimum atomic E-state index is -0.516. The number of rotatable bonds is 2. The number of primary amides is 1. The lowest BCUT2D eigenvalue weighted by atomic mass is 9.89. The zero-order valence-corrected chi connectivity index (χ0v) is 12.4. The van der Waals surface area contributed by atoms with Crippen LogP contribution in [0.15, 0.2) is 48.5 Å². The van der Waals surface area contributed by atoms with E-state index in [1.54, 1.807) is 28.9 Å². The molecule has 3 aromatic rings. The highest BCUT2D eigenvalue weighted by Crippen LogP contribution is 2.36. The van der Waals surface area contributed by atoms with Crippen LogP contribution in [-0.4, -0.2) is 20.8 Å². The van der Waals surface area contributed by atoms with Crippen molar-refractivity contribution in [1.82, 2.24) is 9.78 Å². The van der Waals surface area contributed by atoms with Crippen molar-refractivity contribution in [1.29, 1.82) is 0 Å². The molecule has 1 aromatic heterocycles. The number of amides is 1. The number of phenols is 1. The Bertz CT molecular complexity index is 911. The van der Waals surface area contributed by atoms with Crippen molar-refractivity contribution in [2.24, 2.45) is 5.73 Å². The predicted octanol–water partition coefficient (Wildman–Crippen LogP) is 2.44. The van der Waals surface area contributed by atoms with E-state index < -0.39 is 5.91 Å². The van der Waals surface area contributed by atoms with E-state index >= 15 is 0 Å². The fourth-order valence-corrected chi connectivity index (χ4v) is 3.17. The number of hydrogen-bond acceptors (Lipinski definition) is 3. The van der Waals surface area contributed by atoms with Crippen LogP contribution in [-0.2, 0) is 12.8 Å². The van der Waals surface area contributed by atoms with Gasteiger partial charge in [0.05, 0.1) is 11.4 Å². The van der Waals surface area contributed by atoms with Crippen LogP contribution in [0.4, 0.5) is 0 Å². The molecule has 3 N–H and O–H groups in total. The van der Waals surface area contributed by atoms with Crippen LogP contribution >= 0.6 is 0 Å². The van der Waals surface area contributed by atoms with Crippen molar-refractivity contribution in [3.63, 3.8) is 0 Å². The molecule has 0 aliphatic heterocycles. The van der Waals surface area contributed by atoms with Crippen molar-refractivity contribution >= 4 is 5.91 Å². The van der Waals surface area contributed by atoms with Gasteiger partial charge in [-0.25, -0.2) is 4.68 Å². The maximum atomic E-state index is 11.8. The summed E-state index contributed by atoms with van der Waals surface area (Å²) >= 11 is 0. The Hall–Kier alpha value is -3.08. The lowest BCUT2D eigenvalue weighted by molar-refractivity contribution is 0.0994. The number of hydrogen-bond donors (Lipinski definition) is 2. The zero-order valence-electron chi connectivity index (χ0n) is 12.4. The third-order valence-electron chi connectivity index (χ3n) is 4.23. The molecular formula is C18H15N3O2. The molecule has 1 amide bonds. The van der Waals surface area contributed by atoms with Gasteiger partial charge < -0.3 is 10.8 Å². The second kappa shape index (κ2) is 4.98. The average molecular weight is 305 g/mol. The minimum absolute atomic E-state index is 0.185. The van der Waals surface area contributed by atoms with Crippen LogP contribution in [0.25, 0.3) is 16.9 Å².